The van der Waals surface area contributed by atoms with Crippen LogP contribution in [0.15, 0.2) is 36.4 Å². The number of nitrogens with zero attached hydrogens (tertiary/aromatic N) is 1. The third-order valence-electron chi connectivity index (χ3n) is 3.57. The number of carbonyl (C=O) groups is 1. The van der Waals surface area contributed by atoms with Crippen LogP contribution in [-0.2, 0) is 4.79 Å². The second-order valence-corrected chi connectivity index (χ2v) is 5.83. The summed E-state index contributed by atoms with van der Waals surface area (Å²) in [5, 5.41) is 13.5. The maximum atomic E-state index is 12.3. The number of aryl methyl sites for hydroxylation is 3. The first-order valence-corrected chi connectivity index (χ1v) is 7.57. The van der Waals surface area contributed by atoms with E-state index in [2.05, 4.69) is 5.32 Å². The summed E-state index contributed by atoms with van der Waals surface area (Å²) < 4.78 is 5.68. The number of amides is 1. The molecule has 2 rings (SSSR count). The first kappa shape index (κ1) is 17.5. The van der Waals surface area contributed by atoms with E-state index < -0.39 is 11.0 Å². The molecule has 1 amide bonds. The fourth-order valence-corrected chi connectivity index (χ4v) is 2.35. The van der Waals surface area contributed by atoms with Gasteiger partial charge in [-0.2, -0.15) is 0 Å². The highest BCUT2D eigenvalue weighted by atomic mass is 16.6. The zero-order chi connectivity index (χ0) is 17.9. The van der Waals surface area contributed by atoms with Crippen LogP contribution in [0, 0.1) is 30.9 Å². The molecule has 0 aliphatic heterocycles. The molecule has 0 aromatic heterocycles. The van der Waals surface area contributed by atoms with Crippen molar-refractivity contribution in [1.29, 1.82) is 0 Å². The number of carbonyl (C=O) groups excluding carboxylic acids is 1. The first-order chi connectivity index (χ1) is 11.3. The van der Waals surface area contributed by atoms with Crippen molar-refractivity contribution in [3.05, 3.63) is 63.2 Å². The third kappa shape index (κ3) is 4.32. The Kier molecular flexibility index (Phi) is 5.18. The van der Waals surface area contributed by atoms with Gasteiger partial charge in [-0.25, -0.2) is 0 Å². The van der Waals surface area contributed by atoms with Gasteiger partial charge < -0.3 is 10.1 Å². The Hall–Kier alpha value is -2.89. The highest BCUT2D eigenvalue weighted by Crippen LogP contribution is 2.23. The highest BCUT2D eigenvalue weighted by Gasteiger charge is 2.17. The molecule has 2 aromatic carbocycles. The molecule has 0 unspecified atom stereocenters. The van der Waals surface area contributed by atoms with Crippen molar-refractivity contribution in [2.24, 2.45) is 0 Å². The van der Waals surface area contributed by atoms with E-state index in [1.54, 1.807) is 19.9 Å². The van der Waals surface area contributed by atoms with Gasteiger partial charge in [0.25, 0.3) is 11.6 Å². The smallest absolute Gasteiger partial charge is 0.271 e. The maximum absolute atomic E-state index is 12.3. The Bertz CT molecular complexity index is 766. The van der Waals surface area contributed by atoms with Crippen molar-refractivity contribution in [3.63, 3.8) is 0 Å². The summed E-state index contributed by atoms with van der Waals surface area (Å²) in [6.07, 6.45) is -0.732. The zero-order valence-corrected chi connectivity index (χ0v) is 14.1. The van der Waals surface area contributed by atoms with E-state index in [1.165, 1.54) is 12.1 Å². The molecule has 0 spiro atoms. The molecule has 0 heterocycles. The molecule has 6 nitrogen and oxygen atoms in total. The highest BCUT2D eigenvalue weighted by molar-refractivity contribution is 5.95. The molecule has 1 N–H and O–H groups in total. The van der Waals surface area contributed by atoms with E-state index in [9.17, 15) is 14.9 Å². The van der Waals surface area contributed by atoms with Crippen molar-refractivity contribution in [2.45, 2.75) is 33.8 Å². The van der Waals surface area contributed by atoms with Gasteiger partial charge in [0.05, 0.1) is 10.6 Å². The van der Waals surface area contributed by atoms with Crippen LogP contribution >= 0.6 is 0 Å². The van der Waals surface area contributed by atoms with Crippen LogP contribution in [0.25, 0.3) is 0 Å². The van der Waals surface area contributed by atoms with Crippen LogP contribution in [0.4, 0.5) is 11.4 Å². The number of anilines is 1. The lowest BCUT2D eigenvalue weighted by Gasteiger charge is -2.16. The molecule has 1 atom stereocenters. The van der Waals surface area contributed by atoms with E-state index >= 15 is 0 Å². The van der Waals surface area contributed by atoms with Gasteiger partial charge in [0, 0.05) is 12.1 Å². The Morgan fingerprint density at radius 3 is 2.33 bits per heavy atom. The average molecular weight is 328 g/mol. The molecule has 24 heavy (non-hydrogen) atoms. The molecular weight excluding hydrogens is 308 g/mol. The molecule has 0 fully saturated rings. The van der Waals surface area contributed by atoms with Crippen LogP contribution in [0.3, 0.4) is 0 Å². The number of hydrogen-bond acceptors (Lipinski definition) is 4. The summed E-state index contributed by atoms with van der Waals surface area (Å²) in [6.45, 7) is 7.32. The van der Waals surface area contributed by atoms with Crippen molar-refractivity contribution in [3.8, 4) is 5.75 Å². The Morgan fingerprint density at radius 2 is 1.75 bits per heavy atom. The molecule has 0 saturated carbocycles. The van der Waals surface area contributed by atoms with Crippen LogP contribution in [0.2, 0.25) is 0 Å². The van der Waals surface area contributed by atoms with Gasteiger partial charge in [0.15, 0.2) is 6.10 Å². The normalized spacial score (nSPS) is 11.7. The number of nitro benzene ring substituents is 1. The lowest BCUT2D eigenvalue weighted by atomic mass is 10.1. The lowest BCUT2D eigenvalue weighted by Crippen LogP contribution is -2.30. The fourth-order valence-electron chi connectivity index (χ4n) is 2.35. The largest absolute Gasteiger partial charge is 0.481 e. The minimum atomic E-state index is -0.732. The summed E-state index contributed by atoms with van der Waals surface area (Å²) >= 11 is 0. The van der Waals surface area contributed by atoms with Gasteiger partial charge in [-0.05, 0) is 56.5 Å². The van der Waals surface area contributed by atoms with E-state index in [4.69, 9.17) is 4.74 Å². The molecule has 2 aromatic rings. The fraction of sp³-hybridized carbons (Fsp3) is 0.278. The SMILES string of the molecule is Cc1cc(C)cc(O[C@@H](C)C(=O)Nc2cc([N+](=O)[O-])ccc2C)c1. The monoisotopic (exact) mass is 328 g/mol. The summed E-state index contributed by atoms with van der Waals surface area (Å²) in [5.74, 6) is 0.253. The van der Waals surface area contributed by atoms with Gasteiger partial charge >= 0.3 is 0 Å². The molecule has 0 bridgehead atoms. The van der Waals surface area contributed by atoms with E-state index in [0.29, 0.717) is 11.4 Å². The quantitative estimate of drug-likeness (QED) is 0.666. The first-order valence-electron chi connectivity index (χ1n) is 7.57. The van der Waals surface area contributed by atoms with Crippen molar-refractivity contribution >= 4 is 17.3 Å². The third-order valence-corrected chi connectivity index (χ3v) is 3.57. The van der Waals surface area contributed by atoms with Gasteiger partial charge in [-0.1, -0.05) is 12.1 Å². The topological polar surface area (TPSA) is 81.5 Å². The zero-order valence-electron chi connectivity index (χ0n) is 14.1. The summed E-state index contributed by atoms with van der Waals surface area (Å²) in [7, 11) is 0. The average Bonchev–Trinajstić information content (AvgIpc) is 2.48. The number of benzene rings is 2. The maximum Gasteiger partial charge on any atom is 0.271 e. The molecule has 0 radical (unpaired) electrons. The predicted molar refractivity (Wildman–Crippen MR) is 92.5 cm³/mol. The van der Waals surface area contributed by atoms with Crippen LogP contribution in [0.5, 0.6) is 5.75 Å². The van der Waals surface area contributed by atoms with Crippen molar-refractivity contribution < 1.29 is 14.5 Å². The van der Waals surface area contributed by atoms with Gasteiger partial charge in [-0.15, -0.1) is 0 Å². The second kappa shape index (κ2) is 7.12. The molecular formula is C18H20N2O4. The van der Waals surface area contributed by atoms with Crippen molar-refractivity contribution in [1.82, 2.24) is 0 Å². The van der Waals surface area contributed by atoms with Crippen LogP contribution < -0.4 is 10.1 Å². The molecule has 6 heteroatoms. The predicted octanol–water partition coefficient (Wildman–Crippen LogP) is 3.93. The van der Waals surface area contributed by atoms with Gasteiger partial charge in [-0.3, -0.25) is 14.9 Å². The molecule has 0 aliphatic carbocycles. The standard InChI is InChI=1S/C18H20N2O4/c1-11-7-12(2)9-16(8-11)24-14(4)18(21)19-17-10-15(20(22)23)6-5-13(17)3/h5-10,14H,1-4H3,(H,19,21)/t14-/m0/s1. The molecule has 0 saturated heterocycles. The van der Waals surface area contributed by atoms with Gasteiger partial charge in [0.2, 0.25) is 0 Å². The van der Waals surface area contributed by atoms with E-state index in [0.717, 1.165) is 16.7 Å². The number of nitro groups is 1. The number of rotatable bonds is 5. The Balaban J connectivity index is 2.11. The van der Waals surface area contributed by atoms with Crippen molar-refractivity contribution in [2.75, 3.05) is 5.32 Å². The summed E-state index contributed by atoms with van der Waals surface area (Å²) in [4.78, 5) is 22.7. The molecule has 0 aliphatic rings. The summed E-state index contributed by atoms with van der Waals surface area (Å²) in [5.41, 5.74) is 3.18. The number of nitrogens with one attached hydrogen (secondary N) is 1. The van der Waals surface area contributed by atoms with Gasteiger partial charge in [0.1, 0.15) is 5.75 Å². The minimum Gasteiger partial charge on any atom is -0.481 e. The number of ether oxygens (including phenoxy) is 1. The molecule has 126 valence electrons. The lowest BCUT2D eigenvalue weighted by molar-refractivity contribution is -0.384. The van der Waals surface area contributed by atoms with E-state index in [-0.39, 0.29) is 11.6 Å². The minimum absolute atomic E-state index is 0.0706. The second-order valence-electron chi connectivity index (χ2n) is 5.83. The van der Waals surface area contributed by atoms with Crippen LogP contribution in [0.1, 0.15) is 23.6 Å². The Labute approximate surface area is 140 Å². The van der Waals surface area contributed by atoms with Crippen LogP contribution in [-0.4, -0.2) is 16.9 Å². The summed E-state index contributed by atoms with van der Waals surface area (Å²) in [6, 6.07) is 10.1. The number of non-ortho nitro benzene ring substituents is 1. The van der Waals surface area contributed by atoms with E-state index in [1.807, 2.05) is 32.0 Å². The number of hydrogen-bond donors (Lipinski definition) is 1. The Morgan fingerprint density at radius 1 is 1.12 bits per heavy atom.